The quantitative estimate of drug-likeness (QED) is 0.476. The lowest BCUT2D eigenvalue weighted by Crippen LogP contribution is -2.51. The minimum absolute atomic E-state index is 0.0559. The van der Waals surface area contributed by atoms with Crippen LogP contribution in [0, 0.1) is 11.3 Å². The van der Waals surface area contributed by atoms with Gasteiger partial charge in [0.1, 0.15) is 5.78 Å². The number of allylic oxidation sites excluding steroid dienone is 1. The molecule has 1 aliphatic rings. The standard InChI is InChI=1S/C19H36O2Si/c1-14-10-13-17(21-22(8,9)18(3,4)5)19(6,7)16(14)12-11-15(2)20/h16-17H,1,10-13H2,2-9H3/t16-,17+/m1/s1. The lowest BCUT2D eigenvalue weighted by molar-refractivity contribution is -0.117. The fourth-order valence-corrected chi connectivity index (χ4v) is 4.77. The maximum Gasteiger partial charge on any atom is 0.192 e. The third-order valence-electron chi connectivity index (χ3n) is 5.98. The Kier molecular flexibility index (Phi) is 5.89. The number of hydrogen-bond donors (Lipinski definition) is 0. The molecule has 0 bridgehead atoms. The summed E-state index contributed by atoms with van der Waals surface area (Å²) >= 11 is 0. The third-order valence-corrected chi connectivity index (χ3v) is 10.5. The number of carbonyl (C=O) groups excluding carboxylic acids is 1. The largest absolute Gasteiger partial charge is 0.413 e. The summed E-state index contributed by atoms with van der Waals surface area (Å²) in [7, 11) is -1.77. The molecule has 0 aromatic rings. The van der Waals surface area contributed by atoms with Crippen LogP contribution in [0.1, 0.15) is 67.2 Å². The highest BCUT2D eigenvalue weighted by Crippen LogP contribution is 2.49. The van der Waals surface area contributed by atoms with Crippen LogP contribution in [0.3, 0.4) is 0 Å². The van der Waals surface area contributed by atoms with E-state index in [1.54, 1.807) is 6.92 Å². The Morgan fingerprint density at radius 2 is 1.91 bits per heavy atom. The van der Waals surface area contributed by atoms with Crippen molar-refractivity contribution in [3.8, 4) is 0 Å². The molecule has 0 saturated heterocycles. The molecule has 0 unspecified atom stereocenters. The van der Waals surface area contributed by atoms with E-state index in [1.807, 2.05) is 0 Å². The average molecular weight is 325 g/mol. The lowest BCUT2D eigenvalue weighted by atomic mass is 9.63. The zero-order valence-electron chi connectivity index (χ0n) is 16.0. The monoisotopic (exact) mass is 324 g/mol. The Morgan fingerprint density at radius 3 is 2.36 bits per heavy atom. The van der Waals surface area contributed by atoms with E-state index >= 15 is 0 Å². The first-order valence-electron chi connectivity index (χ1n) is 8.64. The Balaban J connectivity index is 2.93. The maximum atomic E-state index is 11.4. The molecule has 22 heavy (non-hydrogen) atoms. The molecule has 1 fully saturated rings. The van der Waals surface area contributed by atoms with Crippen molar-refractivity contribution >= 4 is 14.1 Å². The Hall–Kier alpha value is -0.413. The minimum Gasteiger partial charge on any atom is -0.413 e. The van der Waals surface area contributed by atoms with Crippen LogP contribution in [0.5, 0.6) is 0 Å². The van der Waals surface area contributed by atoms with Gasteiger partial charge in [0.25, 0.3) is 0 Å². The summed E-state index contributed by atoms with van der Waals surface area (Å²) in [6, 6.07) is 0. The molecule has 0 aliphatic heterocycles. The number of hydrogen-bond acceptors (Lipinski definition) is 2. The predicted molar refractivity (Wildman–Crippen MR) is 97.6 cm³/mol. The van der Waals surface area contributed by atoms with Crippen molar-refractivity contribution in [3.05, 3.63) is 12.2 Å². The van der Waals surface area contributed by atoms with Crippen LogP contribution in [0.15, 0.2) is 12.2 Å². The first-order chi connectivity index (χ1) is 9.79. The summed E-state index contributed by atoms with van der Waals surface area (Å²) in [6.07, 6.45) is 3.94. The van der Waals surface area contributed by atoms with Crippen LogP contribution >= 0.6 is 0 Å². The highest BCUT2D eigenvalue weighted by atomic mass is 28.4. The average Bonchev–Trinajstić information content (AvgIpc) is 2.30. The molecule has 0 aromatic carbocycles. The summed E-state index contributed by atoms with van der Waals surface area (Å²) in [5.41, 5.74) is 1.36. The zero-order chi connectivity index (χ0) is 17.3. The molecule has 0 amide bonds. The van der Waals surface area contributed by atoms with Crippen molar-refractivity contribution < 1.29 is 9.22 Å². The Morgan fingerprint density at radius 1 is 1.36 bits per heavy atom. The molecule has 0 spiro atoms. The number of ketones is 1. The van der Waals surface area contributed by atoms with Crippen molar-refractivity contribution in [1.29, 1.82) is 0 Å². The first-order valence-corrected chi connectivity index (χ1v) is 11.5. The zero-order valence-corrected chi connectivity index (χ0v) is 17.0. The topological polar surface area (TPSA) is 26.3 Å². The van der Waals surface area contributed by atoms with Gasteiger partial charge in [-0.3, -0.25) is 0 Å². The molecule has 0 radical (unpaired) electrons. The van der Waals surface area contributed by atoms with E-state index in [4.69, 9.17) is 4.43 Å². The van der Waals surface area contributed by atoms with Crippen LogP contribution in [0.4, 0.5) is 0 Å². The van der Waals surface area contributed by atoms with Crippen molar-refractivity contribution in [2.75, 3.05) is 0 Å². The molecule has 1 saturated carbocycles. The Labute approximate surface area is 138 Å². The van der Waals surface area contributed by atoms with E-state index in [2.05, 4.69) is 54.3 Å². The first kappa shape index (κ1) is 19.6. The van der Waals surface area contributed by atoms with Gasteiger partial charge >= 0.3 is 0 Å². The predicted octanol–water partition coefficient (Wildman–Crippen LogP) is 5.74. The van der Waals surface area contributed by atoms with E-state index < -0.39 is 8.32 Å². The summed E-state index contributed by atoms with van der Waals surface area (Å²) in [4.78, 5) is 11.4. The molecule has 0 N–H and O–H groups in total. The summed E-state index contributed by atoms with van der Waals surface area (Å²) in [6.45, 7) is 22.1. The minimum atomic E-state index is -1.77. The van der Waals surface area contributed by atoms with E-state index in [0.717, 1.165) is 19.3 Å². The molecule has 1 aliphatic carbocycles. The van der Waals surface area contributed by atoms with Crippen molar-refractivity contribution in [1.82, 2.24) is 0 Å². The van der Waals surface area contributed by atoms with Crippen molar-refractivity contribution in [2.45, 2.75) is 91.5 Å². The smallest absolute Gasteiger partial charge is 0.192 e. The van der Waals surface area contributed by atoms with Gasteiger partial charge in [-0.05, 0) is 55.7 Å². The highest BCUT2D eigenvalue weighted by Gasteiger charge is 2.47. The molecular weight excluding hydrogens is 288 g/mol. The fourth-order valence-electron chi connectivity index (χ4n) is 3.28. The van der Waals surface area contributed by atoms with E-state index in [9.17, 15) is 4.79 Å². The van der Waals surface area contributed by atoms with E-state index in [1.165, 1.54) is 5.57 Å². The highest BCUT2D eigenvalue weighted by molar-refractivity contribution is 6.74. The van der Waals surface area contributed by atoms with Gasteiger partial charge in [-0.2, -0.15) is 0 Å². The van der Waals surface area contributed by atoms with Crippen LogP contribution in [-0.2, 0) is 9.22 Å². The normalized spacial score (nSPS) is 26.1. The van der Waals surface area contributed by atoms with Gasteiger partial charge in [-0.1, -0.05) is 46.8 Å². The van der Waals surface area contributed by atoms with Gasteiger partial charge in [-0.15, -0.1) is 0 Å². The molecule has 3 heteroatoms. The van der Waals surface area contributed by atoms with Crippen LogP contribution in [0.2, 0.25) is 18.1 Å². The van der Waals surface area contributed by atoms with E-state index in [0.29, 0.717) is 12.3 Å². The van der Waals surface area contributed by atoms with Gasteiger partial charge in [0, 0.05) is 6.42 Å². The number of rotatable bonds is 5. The van der Waals surface area contributed by atoms with Gasteiger partial charge in [-0.25, -0.2) is 0 Å². The van der Waals surface area contributed by atoms with Crippen LogP contribution in [-0.4, -0.2) is 20.2 Å². The van der Waals surface area contributed by atoms with Crippen LogP contribution in [0.25, 0.3) is 0 Å². The second-order valence-electron chi connectivity index (χ2n) is 9.18. The van der Waals surface area contributed by atoms with Crippen LogP contribution < -0.4 is 0 Å². The summed E-state index contributed by atoms with van der Waals surface area (Å²) < 4.78 is 6.76. The van der Waals surface area contributed by atoms with Gasteiger partial charge < -0.3 is 9.22 Å². The fraction of sp³-hybridized carbons (Fsp3) is 0.842. The maximum absolute atomic E-state index is 11.4. The van der Waals surface area contributed by atoms with Gasteiger partial charge in [0.15, 0.2) is 8.32 Å². The Bertz CT molecular complexity index is 429. The van der Waals surface area contributed by atoms with Crippen molar-refractivity contribution in [2.24, 2.45) is 11.3 Å². The van der Waals surface area contributed by atoms with Gasteiger partial charge in [0.2, 0.25) is 0 Å². The second kappa shape index (κ2) is 6.60. The molecule has 128 valence electrons. The molecule has 0 heterocycles. The summed E-state index contributed by atoms with van der Waals surface area (Å²) in [5, 5.41) is 0.229. The lowest BCUT2D eigenvalue weighted by Gasteiger charge is -2.50. The number of Topliss-reactive ketones (excluding diaryl/α,β-unsaturated/α-hetero) is 1. The van der Waals surface area contributed by atoms with E-state index in [-0.39, 0.29) is 22.3 Å². The molecule has 0 aromatic heterocycles. The molecule has 2 nitrogen and oxygen atoms in total. The summed E-state index contributed by atoms with van der Waals surface area (Å²) in [5.74, 6) is 0.663. The van der Waals surface area contributed by atoms with Crippen molar-refractivity contribution in [3.63, 3.8) is 0 Å². The second-order valence-corrected chi connectivity index (χ2v) is 13.9. The molecular formula is C19H36O2Si. The SMILES string of the molecule is C=C1CC[C@H](O[Si](C)(C)C(C)(C)C)C(C)(C)[C@@H]1CCC(C)=O. The van der Waals surface area contributed by atoms with Gasteiger partial charge in [0.05, 0.1) is 6.10 Å². The molecule has 2 atom stereocenters. The third kappa shape index (κ3) is 4.32. The molecule has 1 rings (SSSR count). The number of carbonyl (C=O) groups is 1.